The van der Waals surface area contributed by atoms with Gasteiger partial charge in [-0.15, -0.1) is 4.80 Å². The number of rotatable bonds is 6. The first-order valence-electron chi connectivity index (χ1n) is 10.8. The summed E-state index contributed by atoms with van der Waals surface area (Å²) in [6, 6.07) is 5.61. The van der Waals surface area contributed by atoms with Crippen molar-refractivity contribution in [3.63, 3.8) is 0 Å². The molecule has 4 rings (SSSR count). The highest BCUT2D eigenvalue weighted by Gasteiger charge is 2.33. The van der Waals surface area contributed by atoms with Crippen molar-refractivity contribution >= 4 is 17.7 Å². The van der Waals surface area contributed by atoms with E-state index >= 15 is 0 Å². The molecule has 1 fully saturated rings. The summed E-state index contributed by atoms with van der Waals surface area (Å²) in [5, 5.41) is 11.2. The molecule has 2 aromatic heterocycles. The Morgan fingerprint density at radius 1 is 1.12 bits per heavy atom. The van der Waals surface area contributed by atoms with E-state index in [0.29, 0.717) is 24.5 Å². The zero-order valence-corrected chi connectivity index (χ0v) is 19.1. The van der Waals surface area contributed by atoms with E-state index in [-0.39, 0.29) is 34.8 Å². The number of hydrogen-bond acceptors (Lipinski definition) is 8. The lowest BCUT2D eigenvalue weighted by Crippen LogP contribution is -2.50. The third-order valence-corrected chi connectivity index (χ3v) is 5.84. The van der Waals surface area contributed by atoms with Gasteiger partial charge in [0.15, 0.2) is 5.82 Å². The fourth-order valence-corrected chi connectivity index (χ4v) is 4.10. The first kappa shape index (κ1) is 23.1. The van der Waals surface area contributed by atoms with Gasteiger partial charge < -0.3 is 19.7 Å². The Morgan fingerprint density at radius 2 is 1.88 bits per heavy atom. The number of amides is 1. The minimum atomic E-state index is -0.593. The van der Waals surface area contributed by atoms with Crippen LogP contribution in [0.25, 0.3) is 5.69 Å². The summed E-state index contributed by atoms with van der Waals surface area (Å²) in [6.07, 6.45) is 5.80. The number of carbonyl (C=O) groups is 2. The summed E-state index contributed by atoms with van der Waals surface area (Å²) in [7, 11) is 2.74. The van der Waals surface area contributed by atoms with Crippen LogP contribution in [0.2, 0.25) is 0 Å². The van der Waals surface area contributed by atoms with E-state index < -0.39 is 11.8 Å². The number of likely N-dealkylation sites (tertiary alicyclic amines) is 1. The summed E-state index contributed by atoms with van der Waals surface area (Å²) in [6.45, 7) is 2.27. The lowest BCUT2D eigenvalue weighted by Gasteiger charge is -2.39. The Morgan fingerprint density at radius 3 is 2.59 bits per heavy atom. The Balaban J connectivity index is 1.61. The SMILES string of the molecule is COC(=O)c1c(OC)ccnc1N[C@@H]1CC[C@@H](C)N(C(=O)c2cccc(F)c2-n2nccn2)C1. The molecule has 1 saturated heterocycles. The second-order valence-electron chi connectivity index (χ2n) is 7.91. The number of halogens is 1. The van der Waals surface area contributed by atoms with Crippen LogP contribution in [0.3, 0.4) is 0 Å². The molecule has 3 aromatic rings. The number of aromatic nitrogens is 4. The molecule has 1 amide bonds. The Hall–Kier alpha value is -4.02. The lowest BCUT2D eigenvalue weighted by atomic mass is 9.97. The predicted molar refractivity (Wildman–Crippen MR) is 121 cm³/mol. The summed E-state index contributed by atoms with van der Waals surface area (Å²) < 4.78 is 24.9. The molecule has 34 heavy (non-hydrogen) atoms. The fourth-order valence-electron chi connectivity index (χ4n) is 4.10. The maximum absolute atomic E-state index is 14.7. The van der Waals surface area contributed by atoms with Crippen LogP contribution in [-0.2, 0) is 4.74 Å². The molecule has 178 valence electrons. The van der Waals surface area contributed by atoms with Crippen molar-refractivity contribution in [2.45, 2.75) is 31.8 Å². The Labute approximate surface area is 195 Å². The number of piperidine rings is 1. The molecular formula is C23H25FN6O4. The normalized spacial score (nSPS) is 17.8. The van der Waals surface area contributed by atoms with E-state index in [2.05, 4.69) is 20.5 Å². The van der Waals surface area contributed by atoms with Crippen LogP contribution in [0, 0.1) is 5.82 Å². The van der Waals surface area contributed by atoms with Crippen LogP contribution < -0.4 is 10.1 Å². The number of esters is 1. The molecule has 10 nitrogen and oxygen atoms in total. The van der Waals surface area contributed by atoms with Crippen molar-refractivity contribution in [1.82, 2.24) is 24.9 Å². The molecule has 0 radical (unpaired) electrons. The van der Waals surface area contributed by atoms with Crippen molar-refractivity contribution in [3.05, 3.63) is 59.8 Å². The molecule has 0 spiro atoms. The molecular weight excluding hydrogens is 443 g/mol. The van der Waals surface area contributed by atoms with Crippen LogP contribution in [0.4, 0.5) is 10.2 Å². The third-order valence-electron chi connectivity index (χ3n) is 5.84. The first-order chi connectivity index (χ1) is 16.4. The van der Waals surface area contributed by atoms with Crippen LogP contribution >= 0.6 is 0 Å². The number of nitrogens with zero attached hydrogens (tertiary/aromatic N) is 5. The van der Waals surface area contributed by atoms with E-state index in [1.165, 1.54) is 44.9 Å². The van der Waals surface area contributed by atoms with Gasteiger partial charge in [-0.05, 0) is 38.0 Å². The maximum atomic E-state index is 14.7. The Bertz CT molecular complexity index is 1190. The summed E-state index contributed by atoms with van der Waals surface area (Å²) in [5.41, 5.74) is 0.349. The number of methoxy groups -OCH3 is 2. The number of para-hydroxylation sites is 1. The lowest BCUT2D eigenvalue weighted by molar-refractivity contribution is 0.0591. The van der Waals surface area contributed by atoms with Crippen molar-refractivity contribution in [2.75, 3.05) is 26.1 Å². The minimum absolute atomic E-state index is 0.00206. The van der Waals surface area contributed by atoms with Gasteiger partial charge >= 0.3 is 5.97 Å². The number of anilines is 1. The maximum Gasteiger partial charge on any atom is 0.345 e. The van der Waals surface area contributed by atoms with Gasteiger partial charge in [-0.1, -0.05) is 6.07 Å². The zero-order valence-electron chi connectivity index (χ0n) is 19.1. The summed E-state index contributed by atoms with van der Waals surface area (Å²) in [4.78, 5) is 33.0. The quantitative estimate of drug-likeness (QED) is 0.550. The highest BCUT2D eigenvalue weighted by atomic mass is 19.1. The topological polar surface area (TPSA) is 111 Å². The molecule has 1 aliphatic heterocycles. The average molecular weight is 468 g/mol. The number of pyridine rings is 1. The molecule has 0 unspecified atom stereocenters. The highest BCUT2D eigenvalue weighted by molar-refractivity contribution is 5.98. The fraction of sp³-hybridized carbons (Fsp3) is 0.348. The van der Waals surface area contributed by atoms with Crippen LogP contribution in [-0.4, -0.2) is 69.6 Å². The van der Waals surface area contributed by atoms with Gasteiger partial charge in [0.25, 0.3) is 5.91 Å². The average Bonchev–Trinajstić information content (AvgIpc) is 3.38. The van der Waals surface area contributed by atoms with E-state index in [4.69, 9.17) is 9.47 Å². The van der Waals surface area contributed by atoms with Crippen molar-refractivity contribution in [2.24, 2.45) is 0 Å². The van der Waals surface area contributed by atoms with Crippen molar-refractivity contribution < 1.29 is 23.5 Å². The molecule has 0 aliphatic carbocycles. The number of nitrogens with one attached hydrogen (secondary N) is 1. The van der Waals surface area contributed by atoms with E-state index in [1.54, 1.807) is 17.0 Å². The minimum Gasteiger partial charge on any atom is -0.496 e. The van der Waals surface area contributed by atoms with Gasteiger partial charge in [-0.3, -0.25) is 4.79 Å². The number of ether oxygens (including phenoxy) is 2. The first-order valence-corrected chi connectivity index (χ1v) is 10.8. The summed E-state index contributed by atoms with van der Waals surface area (Å²) >= 11 is 0. The van der Waals surface area contributed by atoms with Crippen LogP contribution in [0.1, 0.15) is 40.5 Å². The molecule has 11 heteroatoms. The van der Waals surface area contributed by atoms with Gasteiger partial charge in [0.2, 0.25) is 0 Å². The van der Waals surface area contributed by atoms with Crippen molar-refractivity contribution in [3.8, 4) is 11.4 Å². The molecule has 3 heterocycles. The van der Waals surface area contributed by atoms with Gasteiger partial charge in [-0.2, -0.15) is 10.2 Å². The molecule has 0 bridgehead atoms. The van der Waals surface area contributed by atoms with E-state index in [9.17, 15) is 14.0 Å². The van der Waals surface area contributed by atoms with Gasteiger partial charge in [0, 0.05) is 24.8 Å². The standard InChI is InChI=1S/C23H25FN6O4/c1-14-7-8-15(28-21-19(23(32)34-3)18(33-2)9-10-25-21)13-29(14)22(31)16-5-4-6-17(24)20(16)30-26-11-12-27-30/h4-6,9-12,14-15H,7-8,13H2,1-3H3,(H,25,28)/t14-,15-/m1/s1. The predicted octanol–water partition coefficient (Wildman–Crippen LogP) is 2.70. The van der Waals surface area contributed by atoms with Crippen LogP contribution in [0.15, 0.2) is 42.9 Å². The monoisotopic (exact) mass is 468 g/mol. The number of hydrogen-bond donors (Lipinski definition) is 1. The molecule has 0 saturated carbocycles. The second-order valence-corrected chi connectivity index (χ2v) is 7.91. The highest BCUT2D eigenvalue weighted by Crippen LogP contribution is 2.29. The largest absolute Gasteiger partial charge is 0.496 e. The van der Waals surface area contributed by atoms with Crippen molar-refractivity contribution in [1.29, 1.82) is 0 Å². The van der Waals surface area contributed by atoms with Gasteiger partial charge in [0.05, 0.1) is 32.2 Å². The molecule has 2 atom stereocenters. The van der Waals surface area contributed by atoms with Gasteiger partial charge in [-0.25, -0.2) is 14.2 Å². The molecule has 1 aromatic carbocycles. The second kappa shape index (κ2) is 9.86. The number of carbonyl (C=O) groups excluding carboxylic acids is 2. The smallest absolute Gasteiger partial charge is 0.345 e. The van der Waals surface area contributed by atoms with Gasteiger partial charge in [0.1, 0.15) is 22.8 Å². The van der Waals surface area contributed by atoms with E-state index in [1.807, 2.05) is 6.92 Å². The van der Waals surface area contributed by atoms with E-state index in [0.717, 1.165) is 11.2 Å². The third kappa shape index (κ3) is 4.41. The van der Waals surface area contributed by atoms with Crippen LogP contribution in [0.5, 0.6) is 5.75 Å². The summed E-state index contributed by atoms with van der Waals surface area (Å²) in [5.74, 6) is -0.870. The zero-order chi connectivity index (χ0) is 24.2. The molecule has 1 N–H and O–H groups in total. The number of benzene rings is 1. The molecule has 1 aliphatic rings. The Kier molecular flexibility index (Phi) is 6.71.